The highest BCUT2D eigenvalue weighted by Gasteiger charge is 2.14. The van der Waals surface area contributed by atoms with Crippen LogP contribution in [-0.2, 0) is 9.53 Å². The number of carbonyl (C=O) groups is 1. The second kappa shape index (κ2) is 10.9. The number of amides is 1. The predicted octanol–water partition coefficient (Wildman–Crippen LogP) is 2.22. The van der Waals surface area contributed by atoms with Crippen molar-refractivity contribution in [1.29, 1.82) is 0 Å². The molecular weight excluding hydrogens is 299 g/mol. The number of hydrogen-bond donors (Lipinski definition) is 2. The average Bonchev–Trinajstić information content (AvgIpc) is 2.41. The summed E-state index contributed by atoms with van der Waals surface area (Å²) in [6, 6.07) is 7.39. The first-order valence-electron chi connectivity index (χ1n) is 6.38. The van der Waals surface area contributed by atoms with Gasteiger partial charge in [0, 0.05) is 31.8 Å². The highest BCUT2D eigenvalue weighted by molar-refractivity contribution is 6.30. The maximum Gasteiger partial charge on any atom is 0.227 e. The van der Waals surface area contributed by atoms with Gasteiger partial charge in [-0.15, -0.1) is 12.4 Å². The molecule has 4 nitrogen and oxygen atoms in total. The lowest BCUT2D eigenvalue weighted by Gasteiger charge is -2.13. The zero-order valence-electron chi connectivity index (χ0n) is 11.8. The van der Waals surface area contributed by atoms with Gasteiger partial charge in [-0.25, -0.2) is 0 Å². The minimum Gasteiger partial charge on any atom is -0.383 e. The molecule has 0 radical (unpaired) electrons. The SMILES string of the molecule is COCCNCCNC(=O)C(C)c1cccc(Cl)c1.Cl. The van der Waals surface area contributed by atoms with E-state index in [9.17, 15) is 4.79 Å². The fraction of sp³-hybridized carbons (Fsp3) is 0.500. The molecular formula is C14H22Cl2N2O2. The van der Waals surface area contributed by atoms with Crippen molar-refractivity contribution in [2.75, 3.05) is 33.4 Å². The molecule has 1 unspecified atom stereocenters. The second-order valence-corrected chi connectivity index (χ2v) is 4.75. The van der Waals surface area contributed by atoms with Crippen LogP contribution < -0.4 is 10.6 Å². The molecule has 0 aliphatic heterocycles. The Bertz CT molecular complexity index is 403. The topological polar surface area (TPSA) is 50.4 Å². The molecule has 1 aromatic rings. The van der Waals surface area contributed by atoms with Crippen LogP contribution in [0.1, 0.15) is 18.4 Å². The molecule has 1 amide bonds. The summed E-state index contributed by atoms with van der Waals surface area (Å²) in [7, 11) is 1.66. The average molecular weight is 321 g/mol. The Morgan fingerprint density at radius 2 is 2.10 bits per heavy atom. The third-order valence-corrected chi connectivity index (χ3v) is 3.06. The standard InChI is InChI=1S/C14H21ClN2O2.ClH/c1-11(12-4-3-5-13(15)10-12)14(18)17-7-6-16-8-9-19-2;/h3-5,10-11,16H,6-9H2,1-2H3,(H,17,18);1H. The van der Waals surface area contributed by atoms with Crippen molar-refractivity contribution in [2.24, 2.45) is 0 Å². The molecule has 0 aliphatic carbocycles. The lowest BCUT2D eigenvalue weighted by atomic mass is 10.0. The molecule has 20 heavy (non-hydrogen) atoms. The molecule has 0 spiro atoms. The first kappa shape index (κ1) is 19.2. The summed E-state index contributed by atoms with van der Waals surface area (Å²) in [5.41, 5.74) is 0.928. The zero-order valence-corrected chi connectivity index (χ0v) is 13.4. The first-order chi connectivity index (χ1) is 9.15. The molecule has 114 valence electrons. The van der Waals surface area contributed by atoms with Gasteiger partial charge in [-0.05, 0) is 24.6 Å². The number of halogens is 2. The van der Waals surface area contributed by atoms with Crippen molar-refractivity contribution in [3.63, 3.8) is 0 Å². The Hall–Kier alpha value is -0.810. The van der Waals surface area contributed by atoms with Crippen molar-refractivity contribution in [3.8, 4) is 0 Å². The predicted molar refractivity (Wildman–Crippen MR) is 84.9 cm³/mol. The number of benzene rings is 1. The maximum absolute atomic E-state index is 11.9. The number of nitrogens with one attached hydrogen (secondary N) is 2. The summed E-state index contributed by atoms with van der Waals surface area (Å²) in [5.74, 6) is -0.187. The number of ether oxygens (including phenoxy) is 1. The van der Waals surface area contributed by atoms with E-state index >= 15 is 0 Å². The number of rotatable bonds is 8. The number of hydrogen-bond acceptors (Lipinski definition) is 3. The van der Waals surface area contributed by atoms with Crippen molar-refractivity contribution in [3.05, 3.63) is 34.9 Å². The third kappa shape index (κ3) is 7.10. The quantitative estimate of drug-likeness (QED) is 0.722. The highest BCUT2D eigenvalue weighted by atomic mass is 35.5. The van der Waals surface area contributed by atoms with E-state index in [0.717, 1.165) is 18.7 Å². The van der Waals surface area contributed by atoms with Crippen LogP contribution in [0.15, 0.2) is 24.3 Å². The number of methoxy groups -OCH3 is 1. The lowest BCUT2D eigenvalue weighted by Crippen LogP contribution is -2.35. The largest absolute Gasteiger partial charge is 0.383 e. The van der Waals surface area contributed by atoms with Gasteiger partial charge in [0.2, 0.25) is 5.91 Å². The molecule has 1 rings (SSSR count). The zero-order chi connectivity index (χ0) is 14.1. The van der Waals surface area contributed by atoms with E-state index in [-0.39, 0.29) is 24.2 Å². The molecule has 0 heterocycles. The maximum atomic E-state index is 11.9. The Morgan fingerprint density at radius 3 is 2.75 bits per heavy atom. The van der Waals surface area contributed by atoms with Crippen LogP contribution in [0, 0.1) is 0 Å². The molecule has 1 atom stereocenters. The summed E-state index contributed by atoms with van der Waals surface area (Å²) in [6.07, 6.45) is 0. The summed E-state index contributed by atoms with van der Waals surface area (Å²) in [6.45, 7) is 4.67. The van der Waals surface area contributed by atoms with E-state index in [2.05, 4.69) is 10.6 Å². The Balaban J connectivity index is 0.00000361. The van der Waals surface area contributed by atoms with Crippen molar-refractivity contribution >= 4 is 29.9 Å². The Labute approximate surface area is 131 Å². The molecule has 0 bridgehead atoms. The van der Waals surface area contributed by atoms with Crippen LogP contribution in [0.5, 0.6) is 0 Å². The fourth-order valence-corrected chi connectivity index (χ4v) is 1.85. The summed E-state index contributed by atoms with van der Waals surface area (Å²) >= 11 is 5.92. The van der Waals surface area contributed by atoms with Gasteiger partial charge in [-0.2, -0.15) is 0 Å². The van der Waals surface area contributed by atoms with Gasteiger partial charge in [-0.3, -0.25) is 4.79 Å². The van der Waals surface area contributed by atoms with Gasteiger partial charge in [0.15, 0.2) is 0 Å². The lowest BCUT2D eigenvalue weighted by molar-refractivity contribution is -0.122. The smallest absolute Gasteiger partial charge is 0.227 e. The normalized spacial score (nSPS) is 11.6. The fourth-order valence-electron chi connectivity index (χ4n) is 1.65. The molecule has 2 N–H and O–H groups in total. The van der Waals surface area contributed by atoms with E-state index in [0.29, 0.717) is 18.2 Å². The van der Waals surface area contributed by atoms with Gasteiger partial charge in [-0.1, -0.05) is 23.7 Å². The third-order valence-electron chi connectivity index (χ3n) is 2.83. The van der Waals surface area contributed by atoms with E-state index in [1.54, 1.807) is 13.2 Å². The molecule has 0 saturated heterocycles. The second-order valence-electron chi connectivity index (χ2n) is 4.31. The van der Waals surface area contributed by atoms with Crippen LogP contribution in [-0.4, -0.2) is 39.3 Å². The van der Waals surface area contributed by atoms with Gasteiger partial charge in [0.25, 0.3) is 0 Å². The molecule has 1 aromatic carbocycles. The van der Waals surface area contributed by atoms with Crippen LogP contribution >= 0.6 is 24.0 Å². The first-order valence-corrected chi connectivity index (χ1v) is 6.75. The minimum absolute atomic E-state index is 0. The molecule has 0 fully saturated rings. The molecule has 0 saturated carbocycles. The van der Waals surface area contributed by atoms with E-state index in [4.69, 9.17) is 16.3 Å². The van der Waals surface area contributed by atoms with Gasteiger partial charge >= 0.3 is 0 Å². The van der Waals surface area contributed by atoms with Crippen molar-refractivity contribution in [1.82, 2.24) is 10.6 Å². The van der Waals surface area contributed by atoms with Crippen LogP contribution in [0.2, 0.25) is 5.02 Å². The minimum atomic E-state index is -0.197. The summed E-state index contributed by atoms with van der Waals surface area (Å²) in [5, 5.41) is 6.71. The van der Waals surface area contributed by atoms with Gasteiger partial charge in [0.05, 0.1) is 12.5 Å². The highest BCUT2D eigenvalue weighted by Crippen LogP contribution is 2.19. The molecule has 6 heteroatoms. The van der Waals surface area contributed by atoms with Crippen LogP contribution in [0.25, 0.3) is 0 Å². The summed E-state index contributed by atoms with van der Waals surface area (Å²) < 4.78 is 4.91. The van der Waals surface area contributed by atoms with E-state index in [1.807, 2.05) is 25.1 Å². The van der Waals surface area contributed by atoms with Crippen LogP contribution in [0.4, 0.5) is 0 Å². The van der Waals surface area contributed by atoms with E-state index in [1.165, 1.54) is 0 Å². The van der Waals surface area contributed by atoms with E-state index < -0.39 is 0 Å². The molecule has 0 aliphatic rings. The monoisotopic (exact) mass is 320 g/mol. The number of carbonyl (C=O) groups excluding carboxylic acids is 1. The molecule has 0 aromatic heterocycles. The van der Waals surface area contributed by atoms with Crippen molar-refractivity contribution < 1.29 is 9.53 Å². The Kier molecular flexibility index (Phi) is 10.5. The van der Waals surface area contributed by atoms with Crippen molar-refractivity contribution in [2.45, 2.75) is 12.8 Å². The van der Waals surface area contributed by atoms with Crippen LogP contribution in [0.3, 0.4) is 0 Å². The van der Waals surface area contributed by atoms with Gasteiger partial charge in [0.1, 0.15) is 0 Å². The Morgan fingerprint density at radius 1 is 1.35 bits per heavy atom. The van der Waals surface area contributed by atoms with Gasteiger partial charge < -0.3 is 15.4 Å². The summed E-state index contributed by atoms with van der Waals surface area (Å²) in [4.78, 5) is 11.9.